The second-order valence-electron chi connectivity index (χ2n) is 7.85. The summed E-state index contributed by atoms with van der Waals surface area (Å²) in [5.74, 6) is 0.152. The topological polar surface area (TPSA) is 75.7 Å². The Bertz CT molecular complexity index is 1450. The predicted octanol–water partition coefficient (Wildman–Crippen LogP) is 6.83. The predicted molar refractivity (Wildman–Crippen MR) is 152 cm³/mol. The van der Waals surface area contributed by atoms with Crippen molar-refractivity contribution in [2.45, 2.75) is 21.6 Å². The average molecular weight is 598 g/mol. The number of amides is 1. The number of carbonyl (C=O) groups excluding carboxylic acids is 1. The Labute approximate surface area is 229 Å². The molecule has 0 heterocycles. The maximum Gasteiger partial charge on any atom is 0.264 e. The van der Waals surface area contributed by atoms with Crippen LogP contribution in [0.15, 0.2) is 122 Å². The summed E-state index contributed by atoms with van der Waals surface area (Å²) in [6.45, 7) is 1.95. The highest BCUT2D eigenvalue weighted by molar-refractivity contribution is 9.10. The van der Waals surface area contributed by atoms with Crippen molar-refractivity contribution in [2.24, 2.45) is 0 Å². The number of hydrogen-bond acceptors (Lipinski definition) is 5. The van der Waals surface area contributed by atoms with Gasteiger partial charge in [0.2, 0.25) is 5.91 Å². The zero-order valence-corrected chi connectivity index (χ0v) is 23.2. The highest BCUT2D eigenvalue weighted by Crippen LogP contribution is 2.33. The van der Waals surface area contributed by atoms with E-state index in [-0.39, 0.29) is 4.90 Å². The minimum absolute atomic E-state index is 0.0809. The molecule has 37 heavy (non-hydrogen) atoms. The largest absolute Gasteiger partial charge is 0.494 e. The van der Waals surface area contributed by atoms with Gasteiger partial charge in [0.15, 0.2) is 0 Å². The molecule has 4 rings (SSSR count). The third-order valence-corrected chi connectivity index (χ3v) is 8.66. The van der Waals surface area contributed by atoms with Gasteiger partial charge in [0.25, 0.3) is 10.0 Å². The van der Waals surface area contributed by atoms with Crippen LogP contribution < -0.4 is 14.4 Å². The zero-order valence-electron chi connectivity index (χ0n) is 20.0. The van der Waals surface area contributed by atoms with Gasteiger partial charge in [-0.15, -0.1) is 0 Å². The number of benzene rings is 4. The van der Waals surface area contributed by atoms with E-state index in [1.807, 2.05) is 55.5 Å². The van der Waals surface area contributed by atoms with Crippen molar-refractivity contribution < 1.29 is 17.9 Å². The number of nitrogens with zero attached hydrogens (tertiary/aromatic N) is 1. The van der Waals surface area contributed by atoms with Crippen molar-refractivity contribution in [1.82, 2.24) is 0 Å². The van der Waals surface area contributed by atoms with Crippen molar-refractivity contribution >= 4 is 55.0 Å². The summed E-state index contributed by atoms with van der Waals surface area (Å²) in [5.41, 5.74) is 0.961. The van der Waals surface area contributed by atoms with Crippen LogP contribution in [0.4, 0.5) is 11.4 Å². The molecule has 0 spiro atoms. The van der Waals surface area contributed by atoms with Gasteiger partial charge in [-0.05, 0) is 79.7 Å². The summed E-state index contributed by atoms with van der Waals surface area (Å²) in [5, 5.41) is 2.90. The normalized spacial score (nSPS) is 11.1. The maximum atomic E-state index is 13.6. The van der Waals surface area contributed by atoms with Crippen LogP contribution in [0.1, 0.15) is 6.92 Å². The van der Waals surface area contributed by atoms with Crippen LogP contribution in [0.2, 0.25) is 0 Å². The molecular formula is C28H25BrN2O4S2. The summed E-state index contributed by atoms with van der Waals surface area (Å²) in [7, 11) is -4.04. The van der Waals surface area contributed by atoms with E-state index in [1.165, 1.54) is 23.9 Å². The third-order valence-electron chi connectivity index (χ3n) is 5.26. The second kappa shape index (κ2) is 12.3. The molecule has 0 aliphatic heterocycles. The average Bonchev–Trinajstić information content (AvgIpc) is 2.90. The van der Waals surface area contributed by atoms with Crippen LogP contribution in [-0.2, 0) is 14.8 Å². The van der Waals surface area contributed by atoms with Gasteiger partial charge in [-0.25, -0.2) is 8.42 Å². The number of hydrogen-bond donors (Lipinski definition) is 1. The van der Waals surface area contributed by atoms with Gasteiger partial charge in [-0.2, -0.15) is 0 Å². The molecule has 0 bridgehead atoms. The van der Waals surface area contributed by atoms with Gasteiger partial charge in [0.1, 0.15) is 12.3 Å². The van der Waals surface area contributed by atoms with Gasteiger partial charge < -0.3 is 10.1 Å². The Morgan fingerprint density at radius 3 is 2.22 bits per heavy atom. The molecule has 0 aromatic heterocycles. The molecule has 0 unspecified atom stereocenters. The molecular weight excluding hydrogens is 572 g/mol. The minimum atomic E-state index is -4.04. The number of ether oxygens (including phenoxy) is 1. The number of para-hydroxylation sites is 1. The van der Waals surface area contributed by atoms with E-state index < -0.39 is 22.5 Å². The first-order chi connectivity index (χ1) is 17.9. The van der Waals surface area contributed by atoms with E-state index in [0.29, 0.717) is 23.7 Å². The number of carbonyl (C=O) groups is 1. The van der Waals surface area contributed by atoms with Gasteiger partial charge >= 0.3 is 0 Å². The van der Waals surface area contributed by atoms with E-state index >= 15 is 0 Å². The van der Waals surface area contributed by atoms with E-state index in [2.05, 4.69) is 21.2 Å². The molecule has 9 heteroatoms. The van der Waals surface area contributed by atoms with Crippen molar-refractivity contribution in [3.8, 4) is 5.75 Å². The molecule has 0 aliphatic rings. The molecule has 1 amide bonds. The van der Waals surface area contributed by atoms with Crippen LogP contribution >= 0.6 is 27.7 Å². The Balaban J connectivity index is 1.61. The number of anilines is 2. The maximum absolute atomic E-state index is 13.6. The Morgan fingerprint density at radius 1 is 0.892 bits per heavy atom. The minimum Gasteiger partial charge on any atom is -0.494 e. The fraction of sp³-hybridized carbons (Fsp3) is 0.107. The van der Waals surface area contributed by atoms with Crippen LogP contribution in [0.3, 0.4) is 0 Å². The summed E-state index contributed by atoms with van der Waals surface area (Å²) < 4.78 is 34.6. The molecule has 1 N–H and O–H groups in total. The van der Waals surface area contributed by atoms with Gasteiger partial charge in [0, 0.05) is 14.3 Å². The van der Waals surface area contributed by atoms with Crippen molar-refractivity contribution in [3.63, 3.8) is 0 Å². The number of nitrogens with one attached hydrogen (secondary N) is 1. The zero-order chi connectivity index (χ0) is 26.3. The van der Waals surface area contributed by atoms with E-state index in [0.717, 1.165) is 18.6 Å². The second-order valence-corrected chi connectivity index (χ2v) is 11.7. The smallest absolute Gasteiger partial charge is 0.264 e. The van der Waals surface area contributed by atoms with E-state index in [4.69, 9.17) is 4.74 Å². The standard InChI is InChI=1S/C28H25BrN2O4S2/c1-2-35-23-16-14-22(15-17-23)31(37(33,34)25-18-12-21(29)13-19-25)20-28(32)30-26-10-6-7-11-27(26)36-24-8-4-3-5-9-24/h3-19H,2,20H2,1H3,(H,30,32). The molecule has 0 saturated carbocycles. The summed E-state index contributed by atoms with van der Waals surface area (Å²) in [6, 6.07) is 30.2. The number of rotatable bonds is 10. The van der Waals surface area contributed by atoms with Gasteiger partial charge in [-0.1, -0.05) is 58.0 Å². The lowest BCUT2D eigenvalue weighted by molar-refractivity contribution is -0.114. The fourth-order valence-corrected chi connectivity index (χ4v) is 6.13. The van der Waals surface area contributed by atoms with Crippen molar-refractivity contribution in [1.29, 1.82) is 0 Å². The number of sulfonamides is 1. The SMILES string of the molecule is CCOc1ccc(N(CC(=O)Nc2ccccc2Sc2ccccc2)S(=O)(=O)c2ccc(Br)cc2)cc1. The molecule has 4 aromatic carbocycles. The summed E-state index contributed by atoms with van der Waals surface area (Å²) >= 11 is 4.85. The lowest BCUT2D eigenvalue weighted by Crippen LogP contribution is -2.38. The molecule has 0 atom stereocenters. The highest BCUT2D eigenvalue weighted by atomic mass is 79.9. The molecule has 0 fully saturated rings. The summed E-state index contributed by atoms with van der Waals surface area (Å²) in [6.07, 6.45) is 0. The molecule has 0 saturated heterocycles. The first-order valence-electron chi connectivity index (χ1n) is 11.5. The first kappa shape index (κ1) is 26.8. The van der Waals surface area contributed by atoms with Crippen LogP contribution in [-0.4, -0.2) is 27.5 Å². The van der Waals surface area contributed by atoms with Gasteiger partial charge in [-0.3, -0.25) is 9.10 Å². The lowest BCUT2D eigenvalue weighted by atomic mass is 10.3. The van der Waals surface area contributed by atoms with Crippen LogP contribution in [0, 0.1) is 0 Å². The fourth-order valence-electron chi connectivity index (χ4n) is 3.52. The molecule has 190 valence electrons. The molecule has 0 aliphatic carbocycles. The van der Waals surface area contributed by atoms with Crippen molar-refractivity contribution in [3.05, 3.63) is 108 Å². The Morgan fingerprint density at radius 2 is 1.54 bits per heavy atom. The van der Waals surface area contributed by atoms with E-state index in [1.54, 1.807) is 42.5 Å². The molecule has 0 radical (unpaired) electrons. The summed E-state index contributed by atoms with van der Waals surface area (Å²) in [4.78, 5) is 15.2. The number of halogens is 1. The third kappa shape index (κ3) is 6.94. The highest BCUT2D eigenvalue weighted by Gasteiger charge is 2.27. The van der Waals surface area contributed by atoms with Crippen LogP contribution in [0.25, 0.3) is 0 Å². The molecule has 4 aromatic rings. The first-order valence-corrected chi connectivity index (χ1v) is 14.5. The lowest BCUT2D eigenvalue weighted by Gasteiger charge is -2.24. The van der Waals surface area contributed by atoms with E-state index in [9.17, 15) is 13.2 Å². The monoisotopic (exact) mass is 596 g/mol. The quantitative estimate of drug-likeness (QED) is 0.217. The van der Waals surface area contributed by atoms with Crippen LogP contribution in [0.5, 0.6) is 5.75 Å². The Kier molecular flexibility index (Phi) is 8.91. The molecule has 6 nitrogen and oxygen atoms in total. The van der Waals surface area contributed by atoms with Gasteiger partial charge in [0.05, 0.1) is 22.9 Å². The Hall–Kier alpha value is -3.27. The van der Waals surface area contributed by atoms with Crippen molar-refractivity contribution in [2.75, 3.05) is 22.8 Å².